The minimum Gasteiger partial charge on any atom is -0.481 e. The van der Waals surface area contributed by atoms with E-state index in [9.17, 15) is 9.59 Å². The maximum absolute atomic E-state index is 11.6. The molecular weight excluding hydrogens is 274 g/mol. The number of carboxylic acids is 1. The van der Waals surface area contributed by atoms with Crippen molar-refractivity contribution < 1.29 is 14.7 Å². The largest absolute Gasteiger partial charge is 0.481 e. The summed E-state index contributed by atoms with van der Waals surface area (Å²) in [4.78, 5) is 26.4. The number of aromatic nitrogens is 2. The number of hydrogen-bond acceptors (Lipinski definition) is 5. The van der Waals surface area contributed by atoms with Crippen molar-refractivity contribution in [2.45, 2.75) is 13.3 Å². The second-order valence-corrected chi connectivity index (χ2v) is 5.24. The van der Waals surface area contributed by atoms with Gasteiger partial charge in [0.1, 0.15) is 11.4 Å². The number of rotatable bonds is 5. The highest BCUT2D eigenvalue weighted by Crippen LogP contribution is 2.23. The van der Waals surface area contributed by atoms with Gasteiger partial charge in [0.2, 0.25) is 0 Å². The molecule has 3 N–H and O–H groups in total. The predicted molar refractivity (Wildman–Crippen MR) is 77.4 cm³/mol. The molecule has 1 aromatic heterocycles. The third-order valence-corrected chi connectivity index (χ3v) is 3.75. The van der Waals surface area contributed by atoms with Crippen molar-refractivity contribution >= 4 is 17.7 Å². The summed E-state index contributed by atoms with van der Waals surface area (Å²) in [6.07, 6.45) is 0.150. The van der Waals surface area contributed by atoms with Crippen LogP contribution in [0.3, 0.4) is 0 Å². The Balaban J connectivity index is 2.06. The molecule has 0 bridgehead atoms. The molecule has 116 valence electrons. The number of nitrogens with zero attached hydrogens (tertiary/aromatic N) is 4. The van der Waals surface area contributed by atoms with Crippen LogP contribution >= 0.6 is 0 Å². The van der Waals surface area contributed by atoms with E-state index in [0.29, 0.717) is 17.8 Å². The molecule has 1 aliphatic rings. The molecule has 0 aliphatic carbocycles. The lowest BCUT2D eigenvalue weighted by atomic mass is 10.2. The number of piperazine rings is 1. The third kappa shape index (κ3) is 3.33. The number of carbonyl (C=O) groups is 2. The molecule has 0 aromatic carbocycles. The topological polar surface area (TPSA) is 105 Å². The van der Waals surface area contributed by atoms with Gasteiger partial charge in [-0.15, -0.1) is 0 Å². The molecule has 8 heteroatoms. The molecule has 1 amide bonds. The lowest BCUT2D eigenvalue weighted by molar-refractivity contribution is -0.137. The van der Waals surface area contributed by atoms with Crippen molar-refractivity contribution in [1.82, 2.24) is 14.7 Å². The first kappa shape index (κ1) is 15.3. The molecule has 8 nitrogen and oxygen atoms in total. The number of aliphatic carboxylic acids is 1. The number of nitrogens with two attached hydrogens (primary N) is 1. The molecule has 1 saturated heterocycles. The smallest absolute Gasteiger partial charge is 0.304 e. The Bertz CT molecular complexity index is 546. The third-order valence-electron chi connectivity index (χ3n) is 3.75. The number of amides is 1. The van der Waals surface area contributed by atoms with Crippen LogP contribution in [0.4, 0.5) is 5.82 Å². The Morgan fingerprint density at radius 2 is 1.90 bits per heavy atom. The summed E-state index contributed by atoms with van der Waals surface area (Å²) >= 11 is 0. The lowest BCUT2D eigenvalue weighted by Gasteiger charge is -2.35. The molecule has 0 atom stereocenters. The molecule has 2 heterocycles. The molecule has 21 heavy (non-hydrogen) atoms. The SMILES string of the molecule is Cc1nn(C)c(N2CCN(CCC(=O)O)CC2)c1C(N)=O. The van der Waals surface area contributed by atoms with Crippen molar-refractivity contribution in [3.63, 3.8) is 0 Å². The van der Waals surface area contributed by atoms with Gasteiger partial charge >= 0.3 is 5.97 Å². The van der Waals surface area contributed by atoms with E-state index in [2.05, 4.69) is 14.9 Å². The van der Waals surface area contributed by atoms with Crippen LogP contribution < -0.4 is 10.6 Å². The van der Waals surface area contributed by atoms with Gasteiger partial charge in [0.05, 0.1) is 12.1 Å². The van der Waals surface area contributed by atoms with Crippen molar-refractivity contribution in [2.75, 3.05) is 37.6 Å². The van der Waals surface area contributed by atoms with Crippen molar-refractivity contribution in [3.05, 3.63) is 11.3 Å². The Morgan fingerprint density at radius 3 is 2.43 bits per heavy atom. The van der Waals surface area contributed by atoms with Crippen LogP contribution in [0, 0.1) is 6.92 Å². The lowest BCUT2D eigenvalue weighted by Crippen LogP contribution is -2.48. The molecule has 1 aromatic rings. The number of primary amides is 1. The van der Waals surface area contributed by atoms with E-state index in [1.165, 1.54) is 0 Å². The van der Waals surface area contributed by atoms with Gasteiger partial charge in [-0.2, -0.15) is 5.10 Å². The summed E-state index contributed by atoms with van der Waals surface area (Å²) in [7, 11) is 1.80. The van der Waals surface area contributed by atoms with E-state index in [1.807, 2.05) is 0 Å². The number of carbonyl (C=O) groups excluding carboxylic acids is 1. The first-order chi connectivity index (χ1) is 9.90. The molecule has 2 rings (SSSR count). The average molecular weight is 295 g/mol. The highest BCUT2D eigenvalue weighted by molar-refractivity contribution is 5.99. The van der Waals surface area contributed by atoms with Gasteiger partial charge in [-0.3, -0.25) is 19.2 Å². The maximum Gasteiger partial charge on any atom is 0.304 e. The van der Waals surface area contributed by atoms with Gasteiger partial charge in [-0.05, 0) is 6.92 Å². The minimum absolute atomic E-state index is 0.150. The van der Waals surface area contributed by atoms with Crippen LogP contribution in [0.15, 0.2) is 0 Å². The first-order valence-electron chi connectivity index (χ1n) is 6.92. The molecule has 0 saturated carbocycles. The van der Waals surface area contributed by atoms with Crippen molar-refractivity contribution in [3.8, 4) is 0 Å². The minimum atomic E-state index is -0.782. The van der Waals surface area contributed by atoms with E-state index in [1.54, 1.807) is 18.7 Å². The normalized spacial score (nSPS) is 16.2. The monoisotopic (exact) mass is 295 g/mol. The Labute approximate surface area is 123 Å². The Morgan fingerprint density at radius 1 is 1.29 bits per heavy atom. The fraction of sp³-hybridized carbons (Fsp3) is 0.615. The maximum atomic E-state index is 11.6. The molecule has 0 radical (unpaired) electrons. The average Bonchev–Trinajstić information content (AvgIpc) is 2.72. The highest BCUT2D eigenvalue weighted by atomic mass is 16.4. The van der Waals surface area contributed by atoms with Gasteiger partial charge in [0.15, 0.2) is 0 Å². The van der Waals surface area contributed by atoms with Gasteiger partial charge in [-0.1, -0.05) is 0 Å². The summed E-state index contributed by atoms with van der Waals surface area (Å²) < 4.78 is 1.68. The van der Waals surface area contributed by atoms with E-state index in [0.717, 1.165) is 32.0 Å². The summed E-state index contributed by atoms with van der Waals surface area (Å²) in [6, 6.07) is 0. The number of hydrogen-bond donors (Lipinski definition) is 2. The first-order valence-corrected chi connectivity index (χ1v) is 6.92. The molecular formula is C13H21N5O3. The van der Waals surface area contributed by atoms with E-state index < -0.39 is 11.9 Å². The van der Waals surface area contributed by atoms with Crippen LogP contribution in [0.5, 0.6) is 0 Å². The second kappa shape index (κ2) is 6.13. The Kier molecular flexibility index (Phi) is 4.46. The number of anilines is 1. The molecule has 1 fully saturated rings. The van der Waals surface area contributed by atoms with Gasteiger partial charge < -0.3 is 15.7 Å². The number of aryl methyl sites for hydroxylation is 2. The van der Waals surface area contributed by atoms with E-state index >= 15 is 0 Å². The van der Waals surface area contributed by atoms with Crippen LogP contribution in [0.2, 0.25) is 0 Å². The van der Waals surface area contributed by atoms with Gasteiger partial charge in [-0.25, -0.2) is 0 Å². The summed E-state index contributed by atoms with van der Waals surface area (Å²) in [5, 5.41) is 13.0. The molecule has 1 aliphatic heterocycles. The van der Waals surface area contributed by atoms with E-state index in [-0.39, 0.29) is 6.42 Å². The summed E-state index contributed by atoms with van der Waals surface area (Å²) in [5.74, 6) is -0.502. The number of carboxylic acid groups (broad SMARTS) is 1. The zero-order valence-corrected chi connectivity index (χ0v) is 12.4. The zero-order valence-electron chi connectivity index (χ0n) is 12.4. The highest BCUT2D eigenvalue weighted by Gasteiger charge is 2.26. The van der Waals surface area contributed by atoms with Crippen LogP contribution in [0.1, 0.15) is 22.5 Å². The van der Waals surface area contributed by atoms with Crippen LogP contribution in [-0.4, -0.2) is 64.4 Å². The Hall–Kier alpha value is -2.09. The second-order valence-electron chi connectivity index (χ2n) is 5.24. The quantitative estimate of drug-likeness (QED) is 0.753. The van der Waals surface area contributed by atoms with E-state index in [4.69, 9.17) is 10.8 Å². The summed E-state index contributed by atoms with van der Waals surface area (Å²) in [5.41, 5.74) is 6.55. The fourth-order valence-electron chi connectivity index (χ4n) is 2.73. The fourth-order valence-corrected chi connectivity index (χ4v) is 2.73. The van der Waals surface area contributed by atoms with Crippen LogP contribution in [0.25, 0.3) is 0 Å². The standard InChI is InChI=1S/C13H21N5O3/c1-9-11(12(14)21)13(16(2)15-9)18-7-5-17(6-8-18)4-3-10(19)20/h3-8H2,1-2H3,(H2,14,21)(H,19,20). The molecule has 0 unspecified atom stereocenters. The predicted octanol–water partition coefficient (Wildman–Crippen LogP) is -0.576. The molecule has 0 spiro atoms. The summed E-state index contributed by atoms with van der Waals surface area (Å²) in [6.45, 7) is 5.28. The van der Waals surface area contributed by atoms with Gasteiger partial charge in [0.25, 0.3) is 5.91 Å². The van der Waals surface area contributed by atoms with Crippen molar-refractivity contribution in [2.24, 2.45) is 12.8 Å². The van der Waals surface area contributed by atoms with Crippen molar-refractivity contribution in [1.29, 1.82) is 0 Å². The zero-order chi connectivity index (χ0) is 15.6. The van der Waals surface area contributed by atoms with Gasteiger partial charge in [0, 0.05) is 39.8 Å². The van der Waals surface area contributed by atoms with Crippen LogP contribution in [-0.2, 0) is 11.8 Å².